The minimum Gasteiger partial charge on any atom is -0.445 e. The molecule has 3 nitrogen and oxygen atoms in total. The molecule has 1 saturated heterocycles. The first-order valence-corrected chi connectivity index (χ1v) is 11.7. The maximum Gasteiger partial charge on any atom is 0.410 e. The van der Waals surface area contributed by atoms with Crippen LogP contribution in [0.5, 0.6) is 0 Å². The van der Waals surface area contributed by atoms with E-state index >= 15 is 0 Å². The van der Waals surface area contributed by atoms with Crippen molar-refractivity contribution in [1.29, 1.82) is 0 Å². The molecule has 0 aromatic heterocycles. The van der Waals surface area contributed by atoms with E-state index in [1.165, 1.54) is 17.0 Å². The standard InChI is InChI=1S/C28H25F6NO2/c1-26(27(29,30)31,28(32,33)34)22-14-12-21(13-15-22)24-17-35(16-23(24)20-10-6-3-7-11-20)25(36)37-18-19-8-4-2-5-9-19/h2-15,23-24H,16-18H2,1H3/t23-,24+/m1/s1. The van der Waals surface area contributed by atoms with Crippen molar-refractivity contribution >= 4 is 6.09 Å². The molecule has 37 heavy (non-hydrogen) atoms. The highest BCUT2D eigenvalue weighted by molar-refractivity contribution is 5.68. The Balaban J connectivity index is 1.60. The minimum absolute atomic E-state index is 0.0823. The molecular weight excluding hydrogens is 496 g/mol. The third-order valence-electron chi connectivity index (χ3n) is 7.06. The number of likely N-dealkylation sites (tertiary alicyclic amines) is 1. The number of hydrogen-bond acceptors (Lipinski definition) is 2. The topological polar surface area (TPSA) is 29.5 Å². The molecule has 1 fully saturated rings. The summed E-state index contributed by atoms with van der Waals surface area (Å²) in [5, 5.41) is 0. The average Bonchev–Trinajstić information content (AvgIpc) is 3.32. The lowest BCUT2D eigenvalue weighted by Crippen LogP contribution is -2.51. The zero-order chi connectivity index (χ0) is 26.8. The van der Waals surface area contributed by atoms with Gasteiger partial charge in [-0.3, -0.25) is 0 Å². The summed E-state index contributed by atoms with van der Waals surface area (Å²) in [7, 11) is 0. The van der Waals surface area contributed by atoms with Gasteiger partial charge >= 0.3 is 18.4 Å². The van der Waals surface area contributed by atoms with E-state index in [4.69, 9.17) is 4.74 Å². The quantitative estimate of drug-likeness (QED) is 0.324. The van der Waals surface area contributed by atoms with Gasteiger partial charge in [0.05, 0.1) is 0 Å². The molecule has 0 spiro atoms. The average molecular weight is 522 g/mol. The van der Waals surface area contributed by atoms with E-state index in [2.05, 4.69) is 0 Å². The number of carbonyl (C=O) groups excluding carboxylic acids is 1. The zero-order valence-electron chi connectivity index (χ0n) is 19.9. The van der Waals surface area contributed by atoms with Crippen LogP contribution in [-0.2, 0) is 16.8 Å². The van der Waals surface area contributed by atoms with Crippen molar-refractivity contribution in [1.82, 2.24) is 4.90 Å². The summed E-state index contributed by atoms with van der Waals surface area (Å²) in [5.74, 6) is -0.559. The molecule has 1 aliphatic heterocycles. The summed E-state index contributed by atoms with van der Waals surface area (Å²) in [6.45, 7) is 0.739. The number of ether oxygens (including phenoxy) is 1. The lowest BCUT2D eigenvalue weighted by molar-refractivity contribution is -0.297. The van der Waals surface area contributed by atoms with Gasteiger partial charge in [-0.1, -0.05) is 84.9 Å². The van der Waals surface area contributed by atoms with Crippen LogP contribution in [0.2, 0.25) is 0 Å². The summed E-state index contributed by atoms with van der Waals surface area (Å²) in [6, 6.07) is 22.8. The normalized spacial score (nSPS) is 18.6. The van der Waals surface area contributed by atoms with E-state index in [-0.39, 0.29) is 31.9 Å². The van der Waals surface area contributed by atoms with E-state index in [1.807, 2.05) is 60.7 Å². The fourth-order valence-corrected chi connectivity index (χ4v) is 4.69. The Morgan fingerprint density at radius 2 is 1.22 bits per heavy atom. The molecule has 0 N–H and O–H groups in total. The van der Waals surface area contributed by atoms with Crippen LogP contribution in [0.4, 0.5) is 31.1 Å². The molecule has 1 aliphatic rings. The van der Waals surface area contributed by atoms with Gasteiger partial charge in [0.2, 0.25) is 0 Å². The van der Waals surface area contributed by atoms with E-state index in [1.54, 1.807) is 0 Å². The molecule has 9 heteroatoms. The molecule has 0 bridgehead atoms. The molecule has 2 atom stereocenters. The van der Waals surface area contributed by atoms with Crippen molar-refractivity contribution < 1.29 is 35.9 Å². The highest BCUT2D eigenvalue weighted by atomic mass is 19.4. The number of alkyl halides is 6. The second-order valence-electron chi connectivity index (χ2n) is 9.31. The summed E-state index contributed by atoms with van der Waals surface area (Å²) >= 11 is 0. The van der Waals surface area contributed by atoms with Crippen molar-refractivity contribution in [2.75, 3.05) is 13.1 Å². The van der Waals surface area contributed by atoms with Gasteiger partial charge in [0.15, 0.2) is 5.41 Å². The largest absolute Gasteiger partial charge is 0.445 e. The van der Waals surface area contributed by atoms with E-state index in [9.17, 15) is 31.1 Å². The molecule has 1 amide bonds. The van der Waals surface area contributed by atoms with E-state index in [0.717, 1.165) is 23.3 Å². The van der Waals surface area contributed by atoms with Crippen LogP contribution in [0, 0.1) is 0 Å². The maximum absolute atomic E-state index is 13.5. The predicted molar refractivity (Wildman–Crippen MR) is 126 cm³/mol. The molecule has 0 saturated carbocycles. The summed E-state index contributed by atoms with van der Waals surface area (Å²) < 4.78 is 86.6. The highest BCUT2D eigenvalue weighted by Gasteiger charge is 2.68. The monoisotopic (exact) mass is 521 g/mol. The van der Waals surface area contributed by atoms with Gasteiger partial charge in [-0.15, -0.1) is 0 Å². The van der Waals surface area contributed by atoms with Gasteiger partial charge in [0.1, 0.15) is 6.61 Å². The van der Waals surface area contributed by atoms with Gasteiger partial charge in [0, 0.05) is 24.9 Å². The fourth-order valence-electron chi connectivity index (χ4n) is 4.69. The fraction of sp³-hybridized carbons (Fsp3) is 0.321. The first-order valence-electron chi connectivity index (χ1n) is 11.7. The number of halogens is 6. The van der Waals surface area contributed by atoms with Crippen molar-refractivity contribution in [2.24, 2.45) is 0 Å². The van der Waals surface area contributed by atoms with E-state index in [0.29, 0.717) is 12.1 Å². The Morgan fingerprint density at radius 1 is 0.757 bits per heavy atom. The van der Waals surface area contributed by atoms with Crippen LogP contribution >= 0.6 is 0 Å². The van der Waals surface area contributed by atoms with Gasteiger partial charge in [-0.2, -0.15) is 26.3 Å². The van der Waals surface area contributed by atoms with Crippen molar-refractivity contribution in [3.8, 4) is 0 Å². The SMILES string of the molecule is CC(c1ccc([C@@H]2CN(C(=O)OCc3ccccc3)C[C@@H]2c2ccccc2)cc1)(C(F)(F)F)C(F)(F)F. The first kappa shape index (κ1) is 26.6. The molecule has 0 radical (unpaired) electrons. The third-order valence-corrected chi connectivity index (χ3v) is 7.06. The van der Waals surface area contributed by atoms with Gasteiger partial charge < -0.3 is 9.64 Å². The van der Waals surface area contributed by atoms with Gasteiger partial charge in [-0.25, -0.2) is 4.79 Å². The Morgan fingerprint density at radius 3 is 1.70 bits per heavy atom. The van der Waals surface area contributed by atoms with Crippen LogP contribution in [-0.4, -0.2) is 36.4 Å². The minimum atomic E-state index is -5.52. The molecule has 3 aromatic rings. The van der Waals surface area contributed by atoms with Gasteiger partial charge in [0.25, 0.3) is 0 Å². The molecule has 1 heterocycles. The summed E-state index contributed by atoms with van der Waals surface area (Å²) in [5.41, 5.74) is -2.61. The van der Waals surface area contributed by atoms with Crippen molar-refractivity contribution in [2.45, 2.75) is 43.1 Å². The highest BCUT2D eigenvalue weighted by Crippen LogP contribution is 2.52. The molecule has 196 valence electrons. The molecule has 3 aromatic carbocycles. The first-order chi connectivity index (χ1) is 17.4. The zero-order valence-corrected chi connectivity index (χ0v) is 19.9. The van der Waals surface area contributed by atoms with Crippen LogP contribution in [0.25, 0.3) is 0 Å². The smallest absolute Gasteiger partial charge is 0.410 e. The molecule has 4 rings (SSSR count). The van der Waals surface area contributed by atoms with Crippen LogP contribution in [0.15, 0.2) is 84.9 Å². The summed E-state index contributed by atoms with van der Waals surface area (Å²) in [4.78, 5) is 14.4. The van der Waals surface area contributed by atoms with E-state index < -0.39 is 29.4 Å². The van der Waals surface area contributed by atoms with Gasteiger partial charge in [-0.05, 0) is 29.2 Å². The van der Waals surface area contributed by atoms with Crippen molar-refractivity contribution in [3.63, 3.8) is 0 Å². The Kier molecular flexibility index (Phi) is 7.26. The predicted octanol–water partition coefficient (Wildman–Crippen LogP) is 7.59. The Hall–Kier alpha value is -3.49. The lowest BCUT2D eigenvalue weighted by Gasteiger charge is -2.34. The number of rotatable bonds is 5. The lowest BCUT2D eigenvalue weighted by atomic mass is 9.78. The molecule has 0 unspecified atom stereocenters. The van der Waals surface area contributed by atoms with Crippen LogP contribution in [0.3, 0.4) is 0 Å². The Bertz CT molecular complexity index is 1180. The Labute approximate surface area is 210 Å². The maximum atomic E-state index is 13.5. The third kappa shape index (κ3) is 5.31. The number of benzene rings is 3. The second kappa shape index (κ2) is 10.1. The summed E-state index contributed by atoms with van der Waals surface area (Å²) in [6.07, 6.45) is -11.6. The molecule has 0 aliphatic carbocycles. The molecular formula is C28H25F6NO2. The number of hydrogen-bond donors (Lipinski definition) is 0. The van der Waals surface area contributed by atoms with Crippen molar-refractivity contribution in [3.05, 3.63) is 107 Å². The number of carbonyl (C=O) groups is 1. The van der Waals surface area contributed by atoms with Crippen LogP contribution < -0.4 is 0 Å². The second-order valence-corrected chi connectivity index (χ2v) is 9.31. The number of amides is 1. The van der Waals surface area contributed by atoms with Crippen LogP contribution in [0.1, 0.15) is 41.0 Å². The number of nitrogens with zero attached hydrogens (tertiary/aromatic N) is 1.